The van der Waals surface area contributed by atoms with Crippen molar-refractivity contribution in [3.05, 3.63) is 0 Å². The largest absolute Gasteiger partial charge is 0.375 e. The van der Waals surface area contributed by atoms with Crippen molar-refractivity contribution in [2.24, 2.45) is 0 Å². The van der Waals surface area contributed by atoms with Gasteiger partial charge in [-0.2, -0.15) is 0 Å². The zero-order valence-corrected chi connectivity index (χ0v) is 9.15. The Hall–Kier alpha value is -0.130. The van der Waals surface area contributed by atoms with Crippen LogP contribution in [0.2, 0.25) is 0 Å². The molecule has 1 aliphatic heterocycles. The van der Waals surface area contributed by atoms with Crippen LogP contribution in [0.25, 0.3) is 0 Å². The summed E-state index contributed by atoms with van der Waals surface area (Å²) in [4.78, 5) is 0. The second kappa shape index (κ2) is 3.55. The summed E-state index contributed by atoms with van der Waals surface area (Å²) in [7, 11) is -3.08. The van der Waals surface area contributed by atoms with Gasteiger partial charge in [0.1, 0.15) is 0 Å². The minimum atomic E-state index is -3.08. The standard InChI is InChI=1S/C8H17NO3S/c1-8(2)6-7(4-5-12-8)9-13(3,10)11/h7,9H,4-6H2,1-3H3. The van der Waals surface area contributed by atoms with Gasteiger partial charge in [-0.05, 0) is 26.7 Å². The van der Waals surface area contributed by atoms with Gasteiger partial charge in [-0.15, -0.1) is 0 Å². The van der Waals surface area contributed by atoms with Gasteiger partial charge in [0.15, 0.2) is 0 Å². The topological polar surface area (TPSA) is 55.4 Å². The maximum Gasteiger partial charge on any atom is 0.208 e. The van der Waals surface area contributed by atoms with Gasteiger partial charge in [0.2, 0.25) is 10.0 Å². The predicted octanol–water partition coefficient (Wildman–Crippen LogP) is 0.493. The van der Waals surface area contributed by atoms with Gasteiger partial charge in [-0.3, -0.25) is 0 Å². The Morgan fingerprint density at radius 3 is 2.54 bits per heavy atom. The summed E-state index contributed by atoms with van der Waals surface area (Å²) in [5.41, 5.74) is -0.208. The molecule has 1 fully saturated rings. The highest BCUT2D eigenvalue weighted by Gasteiger charge is 2.29. The van der Waals surface area contributed by atoms with E-state index >= 15 is 0 Å². The van der Waals surface area contributed by atoms with Crippen molar-refractivity contribution in [3.8, 4) is 0 Å². The lowest BCUT2D eigenvalue weighted by Gasteiger charge is -2.35. The third-order valence-corrected chi connectivity index (χ3v) is 2.84. The first-order valence-electron chi connectivity index (χ1n) is 4.40. The quantitative estimate of drug-likeness (QED) is 0.717. The lowest BCUT2D eigenvalue weighted by atomic mass is 9.95. The fourth-order valence-corrected chi connectivity index (χ4v) is 2.44. The highest BCUT2D eigenvalue weighted by Crippen LogP contribution is 2.23. The Labute approximate surface area is 79.7 Å². The molecule has 0 saturated carbocycles. The molecule has 1 heterocycles. The van der Waals surface area contributed by atoms with E-state index in [1.165, 1.54) is 6.26 Å². The highest BCUT2D eigenvalue weighted by molar-refractivity contribution is 7.88. The second-order valence-corrected chi connectivity index (χ2v) is 5.97. The van der Waals surface area contributed by atoms with Crippen LogP contribution >= 0.6 is 0 Å². The molecule has 0 aromatic carbocycles. The van der Waals surface area contributed by atoms with E-state index < -0.39 is 10.0 Å². The van der Waals surface area contributed by atoms with E-state index in [-0.39, 0.29) is 11.6 Å². The van der Waals surface area contributed by atoms with Crippen molar-refractivity contribution in [2.45, 2.75) is 38.3 Å². The molecule has 0 bridgehead atoms. The summed E-state index contributed by atoms with van der Waals surface area (Å²) in [5, 5.41) is 0. The third-order valence-electron chi connectivity index (χ3n) is 2.08. The van der Waals surface area contributed by atoms with Crippen molar-refractivity contribution in [1.82, 2.24) is 4.72 Å². The van der Waals surface area contributed by atoms with Crippen molar-refractivity contribution in [3.63, 3.8) is 0 Å². The van der Waals surface area contributed by atoms with E-state index in [0.717, 1.165) is 12.8 Å². The molecule has 0 radical (unpaired) electrons. The van der Waals surface area contributed by atoms with Crippen molar-refractivity contribution in [1.29, 1.82) is 0 Å². The second-order valence-electron chi connectivity index (χ2n) is 4.19. The van der Waals surface area contributed by atoms with Crippen LogP contribution < -0.4 is 4.72 Å². The lowest BCUT2D eigenvalue weighted by molar-refractivity contribution is -0.0599. The summed E-state index contributed by atoms with van der Waals surface area (Å²) >= 11 is 0. The average Bonchev–Trinajstić information content (AvgIpc) is 1.79. The fourth-order valence-electron chi connectivity index (χ4n) is 1.64. The summed E-state index contributed by atoms with van der Waals surface area (Å²) in [6.45, 7) is 4.58. The van der Waals surface area contributed by atoms with Gasteiger partial charge >= 0.3 is 0 Å². The summed E-state index contributed by atoms with van der Waals surface area (Å²) in [5.74, 6) is 0. The summed E-state index contributed by atoms with van der Waals surface area (Å²) in [6, 6.07) is 0.0266. The highest BCUT2D eigenvalue weighted by atomic mass is 32.2. The van der Waals surface area contributed by atoms with Crippen LogP contribution in [0.1, 0.15) is 26.7 Å². The molecule has 0 amide bonds. The maximum atomic E-state index is 11.0. The molecule has 13 heavy (non-hydrogen) atoms. The Bertz CT molecular complexity index is 271. The lowest BCUT2D eigenvalue weighted by Crippen LogP contribution is -2.45. The van der Waals surface area contributed by atoms with E-state index in [1.54, 1.807) is 0 Å². The minimum Gasteiger partial charge on any atom is -0.375 e. The molecule has 0 aromatic heterocycles. The third kappa shape index (κ3) is 4.06. The van der Waals surface area contributed by atoms with Gasteiger partial charge in [0, 0.05) is 12.6 Å². The molecular formula is C8H17NO3S. The van der Waals surface area contributed by atoms with Crippen LogP contribution in [0, 0.1) is 0 Å². The maximum absolute atomic E-state index is 11.0. The van der Waals surface area contributed by atoms with Gasteiger partial charge in [-0.25, -0.2) is 13.1 Å². The van der Waals surface area contributed by atoms with E-state index in [0.29, 0.717) is 6.61 Å². The SMILES string of the molecule is CC1(C)CC(NS(C)(=O)=O)CCO1. The molecule has 1 atom stereocenters. The zero-order chi connectivity index (χ0) is 10.1. The van der Waals surface area contributed by atoms with Gasteiger partial charge in [0.05, 0.1) is 11.9 Å². The Kier molecular flexibility index (Phi) is 2.99. The number of hydrogen-bond acceptors (Lipinski definition) is 3. The number of sulfonamides is 1. The first-order valence-corrected chi connectivity index (χ1v) is 6.29. The molecule has 1 rings (SSSR count). The van der Waals surface area contributed by atoms with Gasteiger partial charge in [-0.1, -0.05) is 0 Å². The number of ether oxygens (including phenoxy) is 1. The fraction of sp³-hybridized carbons (Fsp3) is 1.00. The molecule has 5 heteroatoms. The van der Waals surface area contributed by atoms with Crippen molar-refractivity contribution in [2.75, 3.05) is 12.9 Å². The van der Waals surface area contributed by atoms with Crippen LogP contribution in [0.5, 0.6) is 0 Å². The van der Waals surface area contributed by atoms with Crippen LogP contribution in [0.4, 0.5) is 0 Å². The Morgan fingerprint density at radius 1 is 1.46 bits per heavy atom. The molecule has 78 valence electrons. The van der Waals surface area contributed by atoms with Crippen molar-refractivity contribution < 1.29 is 13.2 Å². The first kappa shape index (κ1) is 10.9. The first-order chi connectivity index (χ1) is 5.79. The smallest absolute Gasteiger partial charge is 0.208 e. The number of hydrogen-bond donors (Lipinski definition) is 1. The Morgan fingerprint density at radius 2 is 2.08 bits per heavy atom. The summed E-state index contributed by atoms with van der Waals surface area (Å²) in [6.07, 6.45) is 2.69. The molecule has 0 aromatic rings. The van der Waals surface area contributed by atoms with Crippen LogP contribution in [-0.4, -0.2) is 32.9 Å². The summed E-state index contributed by atoms with van der Waals surface area (Å²) < 4.78 is 30.0. The van der Waals surface area contributed by atoms with Crippen LogP contribution in [0.3, 0.4) is 0 Å². The van der Waals surface area contributed by atoms with E-state index in [4.69, 9.17) is 4.74 Å². The zero-order valence-electron chi connectivity index (χ0n) is 8.33. The monoisotopic (exact) mass is 207 g/mol. The van der Waals surface area contributed by atoms with E-state index in [1.807, 2.05) is 13.8 Å². The molecule has 1 saturated heterocycles. The van der Waals surface area contributed by atoms with E-state index in [9.17, 15) is 8.42 Å². The normalized spacial score (nSPS) is 28.7. The van der Waals surface area contributed by atoms with E-state index in [2.05, 4.69) is 4.72 Å². The van der Waals surface area contributed by atoms with Crippen molar-refractivity contribution >= 4 is 10.0 Å². The number of nitrogens with one attached hydrogen (secondary N) is 1. The molecule has 0 spiro atoms. The van der Waals surface area contributed by atoms with Gasteiger partial charge < -0.3 is 4.74 Å². The molecule has 1 N–H and O–H groups in total. The minimum absolute atomic E-state index is 0.0266. The number of rotatable bonds is 2. The molecular weight excluding hydrogens is 190 g/mol. The Balaban J connectivity index is 2.53. The average molecular weight is 207 g/mol. The molecule has 1 aliphatic rings. The van der Waals surface area contributed by atoms with Crippen LogP contribution in [-0.2, 0) is 14.8 Å². The molecule has 0 aliphatic carbocycles. The van der Waals surface area contributed by atoms with Crippen LogP contribution in [0.15, 0.2) is 0 Å². The predicted molar refractivity (Wildman–Crippen MR) is 51.0 cm³/mol. The molecule has 1 unspecified atom stereocenters. The van der Waals surface area contributed by atoms with Gasteiger partial charge in [0.25, 0.3) is 0 Å². The molecule has 4 nitrogen and oxygen atoms in total.